The van der Waals surface area contributed by atoms with Crippen LogP contribution in [-0.4, -0.2) is 5.78 Å². The normalized spacial score (nSPS) is 11.3. The average Bonchev–Trinajstić information content (AvgIpc) is 2.76. The SMILES string of the molecule is C.CC.CCC(Cc1ccc(C(C)C)s1)C(C)=O. The molecule has 0 aromatic carbocycles. The van der Waals surface area contributed by atoms with Crippen LogP contribution in [0.5, 0.6) is 0 Å². The molecule has 1 unspecified atom stereocenters. The number of rotatable bonds is 5. The standard InChI is InChI=1S/C13H20OS.C2H6.CH4/c1-5-11(10(4)14)8-12-6-7-13(15-12)9(2)3;1-2;/h6-7,9,11H,5,8H2,1-4H3;1-2H3;1H4. The maximum atomic E-state index is 11.3. The van der Waals surface area contributed by atoms with Gasteiger partial charge in [-0.1, -0.05) is 42.0 Å². The summed E-state index contributed by atoms with van der Waals surface area (Å²) in [5, 5.41) is 0. The zero-order valence-corrected chi connectivity index (χ0v) is 12.9. The Bertz CT molecular complexity index is 326. The third-order valence-electron chi connectivity index (χ3n) is 2.77. The molecule has 0 N–H and O–H groups in total. The van der Waals surface area contributed by atoms with Crippen molar-refractivity contribution >= 4 is 17.1 Å². The summed E-state index contributed by atoms with van der Waals surface area (Å²) in [5.41, 5.74) is 0. The van der Waals surface area contributed by atoms with Crippen LogP contribution in [0.4, 0.5) is 0 Å². The Kier molecular flexibility index (Phi) is 11.3. The van der Waals surface area contributed by atoms with Crippen LogP contribution in [0.2, 0.25) is 0 Å². The lowest BCUT2D eigenvalue weighted by atomic mass is 9.97. The zero-order chi connectivity index (χ0) is 13.4. The van der Waals surface area contributed by atoms with Gasteiger partial charge < -0.3 is 0 Å². The van der Waals surface area contributed by atoms with Crippen LogP contribution < -0.4 is 0 Å². The molecule has 0 radical (unpaired) electrons. The fourth-order valence-electron chi connectivity index (χ4n) is 1.63. The van der Waals surface area contributed by atoms with Crippen molar-refractivity contribution in [3.63, 3.8) is 0 Å². The summed E-state index contributed by atoms with van der Waals surface area (Å²) in [4.78, 5) is 14.1. The summed E-state index contributed by atoms with van der Waals surface area (Å²) >= 11 is 1.85. The molecule has 0 bridgehead atoms. The molecule has 0 aliphatic heterocycles. The van der Waals surface area contributed by atoms with E-state index in [0.29, 0.717) is 11.7 Å². The Morgan fingerprint density at radius 2 is 1.83 bits per heavy atom. The van der Waals surface area contributed by atoms with E-state index in [9.17, 15) is 4.79 Å². The van der Waals surface area contributed by atoms with E-state index in [-0.39, 0.29) is 13.3 Å². The first-order valence-corrected chi connectivity index (χ1v) is 7.45. The van der Waals surface area contributed by atoms with E-state index in [0.717, 1.165) is 12.8 Å². The van der Waals surface area contributed by atoms with E-state index in [4.69, 9.17) is 0 Å². The van der Waals surface area contributed by atoms with Crippen LogP contribution in [0.1, 0.15) is 71.1 Å². The lowest BCUT2D eigenvalue weighted by molar-refractivity contribution is -0.120. The number of thiophene rings is 1. The number of hydrogen-bond acceptors (Lipinski definition) is 2. The quantitative estimate of drug-likeness (QED) is 0.671. The van der Waals surface area contributed by atoms with Crippen molar-refractivity contribution in [1.82, 2.24) is 0 Å². The van der Waals surface area contributed by atoms with E-state index in [1.807, 2.05) is 25.2 Å². The first kappa shape index (κ1) is 19.7. The largest absolute Gasteiger partial charge is 0.300 e. The lowest BCUT2D eigenvalue weighted by Gasteiger charge is -2.08. The number of carbonyl (C=O) groups excluding carboxylic acids is 1. The fraction of sp³-hybridized carbons (Fsp3) is 0.688. The molecule has 0 aliphatic carbocycles. The summed E-state index contributed by atoms with van der Waals surface area (Å²) in [7, 11) is 0. The predicted octanol–water partition coefficient (Wildman–Crippen LogP) is 5.69. The Labute approximate surface area is 118 Å². The van der Waals surface area contributed by atoms with Gasteiger partial charge in [-0.15, -0.1) is 11.3 Å². The van der Waals surface area contributed by atoms with Crippen LogP contribution in [0.15, 0.2) is 12.1 Å². The molecule has 106 valence electrons. The third kappa shape index (κ3) is 6.34. The van der Waals surface area contributed by atoms with Gasteiger partial charge in [0.25, 0.3) is 0 Å². The Morgan fingerprint density at radius 1 is 1.28 bits per heavy atom. The minimum Gasteiger partial charge on any atom is -0.300 e. The van der Waals surface area contributed by atoms with Crippen LogP contribution in [0.3, 0.4) is 0 Å². The molecule has 1 aromatic heterocycles. The molecule has 0 spiro atoms. The summed E-state index contributed by atoms with van der Waals surface area (Å²) in [6.45, 7) is 12.2. The molecular formula is C16H30OS. The average molecular weight is 270 g/mol. The highest BCUT2D eigenvalue weighted by atomic mass is 32.1. The van der Waals surface area contributed by atoms with Crippen molar-refractivity contribution in [1.29, 1.82) is 0 Å². The number of ketones is 1. The van der Waals surface area contributed by atoms with Crippen LogP contribution >= 0.6 is 11.3 Å². The van der Waals surface area contributed by atoms with Crippen molar-refractivity contribution in [2.45, 2.75) is 67.7 Å². The molecule has 1 aromatic rings. The maximum Gasteiger partial charge on any atom is 0.133 e. The number of carbonyl (C=O) groups is 1. The summed E-state index contributed by atoms with van der Waals surface area (Å²) in [6, 6.07) is 4.36. The summed E-state index contributed by atoms with van der Waals surface area (Å²) in [6.07, 6.45) is 1.87. The van der Waals surface area contributed by atoms with Gasteiger partial charge in [-0.05, 0) is 37.8 Å². The Hall–Kier alpha value is -0.630. The maximum absolute atomic E-state index is 11.3. The molecular weight excluding hydrogens is 240 g/mol. The topological polar surface area (TPSA) is 17.1 Å². The minimum atomic E-state index is 0. The van der Waals surface area contributed by atoms with Crippen LogP contribution in [0.25, 0.3) is 0 Å². The van der Waals surface area contributed by atoms with Crippen molar-refractivity contribution in [2.24, 2.45) is 5.92 Å². The van der Waals surface area contributed by atoms with E-state index in [2.05, 4.69) is 32.9 Å². The molecule has 0 amide bonds. The highest BCUT2D eigenvalue weighted by Crippen LogP contribution is 2.26. The van der Waals surface area contributed by atoms with Crippen LogP contribution in [-0.2, 0) is 11.2 Å². The lowest BCUT2D eigenvalue weighted by Crippen LogP contribution is -2.11. The first-order chi connectivity index (χ1) is 8.04. The predicted molar refractivity (Wildman–Crippen MR) is 84.7 cm³/mol. The van der Waals surface area contributed by atoms with Crippen LogP contribution in [0, 0.1) is 5.92 Å². The second-order valence-electron chi connectivity index (χ2n) is 4.38. The van der Waals surface area contributed by atoms with Crippen molar-refractivity contribution < 1.29 is 4.79 Å². The molecule has 0 aliphatic rings. The molecule has 1 rings (SSSR count). The van der Waals surface area contributed by atoms with E-state index in [1.165, 1.54) is 9.75 Å². The van der Waals surface area contributed by atoms with Crippen molar-refractivity contribution in [3.05, 3.63) is 21.9 Å². The molecule has 0 saturated heterocycles. The second-order valence-corrected chi connectivity index (χ2v) is 5.58. The first-order valence-electron chi connectivity index (χ1n) is 6.63. The van der Waals surface area contributed by atoms with Gasteiger partial charge in [-0.25, -0.2) is 0 Å². The molecule has 0 fully saturated rings. The molecule has 2 heteroatoms. The van der Waals surface area contributed by atoms with E-state index >= 15 is 0 Å². The summed E-state index contributed by atoms with van der Waals surface area (Å²) in [5.74, 6) is 1.13. The van der Waals surface area contributed by atoms with Gasteiger partial charge in [-0.3, -0.25) is 4.79 Å². The summed E-state index contributed by atoms with van der Waals surface area (Å²) < 4.78 is 0. The van der Waals surface area contributed by atoms with Gasteiger partial charge in [0.15, 0.2) is 0 Å². The van der Waals surface area contributed by atoms with Gasteiger partial charge in [-0.2, -0.15) is 0 Å². The Morgan fingerprint density at radius 3 is 2.17 bits per heavy atom. The number of hydrogen-bond donors (Lipinski definition) is 0. The van der Waals surface area contributed by atoms with Gasteiger partial charge in [0.2, 0.25) is 0 Å². The highest BCUT2D eigenvalue weighted by molar-refractivity contribution is 7.12. The molecule has 1 heterocycles. The third-order valence-corrected chi connectivity index (χ3v) is 4.17. The van der Waals surface area contributed by atoms with Gasteiger partial charge >= 0.3 is 0 Å². The molecule has 18 heavy (non-hydrogen) atoms. The second kappa shape index (κ2) is 10.3. The molecule has 1 atom stereocenters. The van der Waals surface area contributed by atoms with Gasteiger partial charge in [0.05, 0.1) is 0 Å². The van der Waals surface area contributed by atoms with Gasteiger partial charge in [0, 0.05) is 15.7 Å². The van der Waals surface area contributed by atoms with Crippen molar-refractivity contribution in [2.75, 3.05) is 0 Å². The fourth-order valence-corrected chi connectivity index (χ4v) is 2.73. The Balaban J connectivity index is 0. The minimum absolute atomic E-state index is 0. The highest BCUT2D eigenvalue weighted by Gasteiger charge is 2.14. The molecule has 1 nitrogen and oxygen atoms in total. The number of Topliss-reactive ketones (excluding diaryl/α,β-unsaturated/α-hetero) is 1. The molecule has 0 saturated carbocycles. The van der Waals surface area contributed by atoms with Crippen molar-refractivity contribution in [3.8, 4) is 0 Å². The zero-order valence-electron chi connectivity index (χ0n) is 12.0. The van der Waals surface area contributed by atoms with E-state index in [1.54, 1.807) is 6.92 Å². The van der Waals surface area contributed by atoms with Gasteiger partial charge in [0.1, 0.15) is 5.78 Å². The smallest absolute Gasteiger partial charge is 0.133 e. The van der Waals surface area contributed by atoms with E-state index < -0.39 is 0 Å². The monoisotopic (exact) mass is 270 g/mol.